The molecule has 2 heterocycles. The molecule has 0 radical (unpaired) electrons. The van der Waals surface area contributed by atoms with Crippen LogP contribution in [-0.2, 0) is 16.1 Å². The second-order valence-corrected chi connectivity index (χ2v) is 7.44. The van der Waals surface area contributed by atoms with E-state index in [1.54, 1.807) is 11.1 Å². The molecule has 1 saturated carbocycles. The molecular weight excluding hydrogens is 314 g/mol. The van der Waals surface area contributed by atoms with Crippen LogP contribution in [0.4, 0.5) is 0 Å². The second-order valence-electron chi connectivity index (χ2n) is 7.44. The van der Waals surface area contributed by atoms with Crippen LogP contribution < -0.4 is 0 Å². The van der Waals surface area contributed by atoms with Crippen molar-refractivity contribution in [3.8, 4) is 0 Å². The van der Waals surface area contributed by atoms with Crippen LogP contribution in [0.25, 0.3) is 0 Å². The average molecular weight is 343 g/mol. The predicted molar refractivity (Wildman–Crippen MR) is 96.6 cm³/mol. The lowest BCUT2D eigenvalue weighted by Crippen LogP contribution is -2.50. The Morgan fingerprint density at radius 3 is 2.64 bits per heavy atom. The fourth-order valence-corrected chi connectivity index (χ4v) is 4.12. The summed E-state index contributed by atoms with van der Waals surface area (Å²) in [5.74, 6) is 0.301. The number of carbonyl (C=O) groups excluding carboxylic acids is 2. The number of hydrogen-bond donors (Lipinski definition) is 0. The first-order valence-corrected chi connectivity index (χ1v) is 9.59. The minimum Gasteiger partial charge on any atom is -0.340 e. The number of pyridine rings is 1. The second kappa shape index (κ2) is 8.45. The van der Waals surface area contributed by atoms with Crippen molar-refractivity contribution >= 4 is 11.8 Å². The smallest absolute Gasteiger partial charge is 0.227 e. The lowest BCUT2D eigenvalue weighted by atomic mass is 9.93. The van der Waals surface area contributed by atoms with Crippen LogP contribution in [0.15, 0.2) is 24.4 Å². The molecule has 5 nitrogen and oxygen atoms in total. The largest absolute Gasteiger partial charge is 0.340 e. The molecule has 1 atom stereocenters. The monoisotopic (exact) mass is 343 g/mol. The van der Waals surface area contributed by atoms with Gasteiger partial charge in [-0.1, -0.05) is 31.7 Å². The third kappa shape index (κ3) is 4.59. The summed E-state index contributed by atoms with van der Waals surface area (Å²) < 4.78 is 0. The highest BCUT2D eigenvalue weighted by molar-refractivity contribution is 5.84. The van der Waals surface area contributed by atoms with Crippen molar-refractivity contribution in [1.82, 2.24) is 14.8 Å². The van der Waals surface area contributed by atoms with Gasteiger partial charge in [0.1, 0.15) is 0 Å². The number of rotatable bonds is 4. The summed E-state index contributed by atoms with van der Waals surface area (Å²) in [7, 11) is 1.84. The number of nitrogens with zero attached hydrogens (tertiary/aromatic N) is 3. The SMILES string of the molecule is CN(Cc1ccccn1)C(=O)C1CCC(=O)N(C2CCCCCC2)C1. The molecule has 1 aliphatic heterocycles. The maximum absolute atomic E-state index is 12.9. The molecule has 2 aliphatic rings. The third-order valence-corrected chi connectivity index (χ3v) is 5.56. The highest BCUT2D eigenvalue weighted by Gasteiger charge is 2.35. The van der Waals surface area contributed by atoms with E-state index in [2.05, 4.69) is 4.98 Å². The summed E-state index contributed by atoms with van der Waals surface area (Å²) in [6.45, 7) is 1.11. The Morgan fingerprint density at radius 2 is 1.96 bits per heavy atom. The topological polar surface area (TPSA) is 53.5 Å². The van der Waals surface area contributed by atoms with E-state index in [1.165, 1.54) is 25.7 Å². The summed E-state index contributed by atoms with van der Waals surface area (Å²) in [4.78, 5) is 33.4. The van der Waals surface area contributed by atoms with Gasteiger partial charge in [0.2, 0.25) is 11.8 Å². The highest BCUT2D eigenvalue weighted by atomic mass is 16.2. The van der Waals surface area contributed by atoms with E-state index in [4.69, 9.17) is 0 Å². The molecular formula is C20H29N3O2. The summed E-state index contributed by atoms with van der Waals surface area (Å²) in [5.41, 5.74) is 0.894. The highest BCUT2D eigenvalue weighted by Crippen LogP contribution is 2.28. The molecule has 0 aromatic carbocycles. The van der Waals surface area contributed by atoms with E-state index in [0.717, 1.165) is 18.5 Å². The molecule has 0 N–H and O–H groups in total. The molecule has 136 valence electrons. The van der Waals surface area contributed by atoms with Crippen LogP contribution >= 0.6 is 0 Å². The first kappa shape index (κ1) is 17.9. The lowest BCUT2D eigenvalue weighted by molar-refractivity contribution is -0.144. The van der Waals surface area contributed by atoms with Crippen molar-refractivity contribution in [2.75, 3.05) is 13.6 Å². The standard InChI is InChI=1S/C20H29N3O2/c1-22(15-17-8-6-7-13-21-17)20(25)16-11-12-19(24)23(14-16)18-9-4-2-3-5-10-18/h6-8,13,16,18H,2-5,9-12,14-15H2,1H3. The first-order valence-electron chi connectivity index (χ1n) is 9.59. The van der Waals surface area contributed by atoms with Gasteiger partial charge in [0.15, 0.2) is 0 Å². The van der Waals surface area contributed by atoms with Gasteiger partial charge in [-0.05, 0) is 31.4 Å². The number of hydrogen-bond acceptors (Lipinski definition) is 3. The molecule has 2 amide bonds. The summed E-state index contributed by atoms with van der Waals surface area (Å²) >= 11 is 0. The van der Waals surface area contributed by atoms with Gasteiger partial charge in [-0.3, -0.25) is 14.6 Å². The molecule has 0 spiro atoms. The summed E-state index contributed by atoms with van der Waals surface area (Å²) in [6.07, 6.45) is 10.1. The Bertz CT molecular complexity index is 582. The van der Waals surface area contributed by atoms with E-state index in [1.807, 2.05) is 30.1 Å². The number of aromatic nitrogens is 1. The van der Waals surface area contributed by atoms with Crippen LogP contribution in [0.2, 0.25) is 0 Å². The van der Waals surface area contributed by atoms with Gasteiger partial charge in [0, 0.05) is 32.3 Å². The van der Waals surface area contributed by atoms with Crippen molar-refractivity contribution in [3.05, 3.63) is 30.1 Å². The quantitative estimate of drug-likeness (QED) is 0.790. The van der Waals surface area contributed by atoms with Gasteiger partial charge in [0.05, 0.1) is 18.2 Å². The number of amides is 2. The van der Waals surface area contributed by atoms with Crippen molar-refractivity contribution < 1.29 is 9.59 Å². The Morgan fingerprint density at radius 1 is 1.20 bits per heavy atom. The van der Waals surface area contributed by atoms with Crippen molar-refractivity contribution in [2.24, 2.45) is 5.92 Å². The van der Waals surface area contributed by atoms with Gasteiger partial charge < -0.3 is 9.80 Å². The van der Waals surface area contributed by atoms with Crippen LogP contribution in [0, 0.1) is 5.92 Å². The number of likely N-dealkylation sites (tertiary alicyclic amines) is 1. The van der Waals surface area contributed by atoms with E-state index >= 15 is 0 Å². The minimum atomic E-state index is -0.0744. The summed E-state index contributed by atoms with van der Waals surface area (Å²) in [5, 5.41) is 0. The Labute approximate surface area is 150 Å². The van der Waals surface area contributed by atoms with Crippen molar-refractivity contribution in [2.45, 2.75) is 64.0 Å². The average Bonchev–Trinajstić information content (AvgIpc) is 2.91. The molecule has 1 aliphatic carbocycles. The molecule has 25 heavy (non-hydrogen) atoms. The van der Waals surface area contributed by atoms with Gasteiger partial charge in [0.25, 0.3) is 0 Å². The van der Waals surface area contributed by atoms with E-state index in [0.29, 0.717) is 32.0 Å². The van der Waals surface area contributed by atoms with E-state index in [9.17, 15) is 9.59 Å². The normalized spacial score (nSPS) is 22.5. The van der Waals surface area contributed by atoms with Crippen LogP contribution in [-0.4, -0.2) is 46.2 Å². The number of carbonyl (C=O) groups is 2. The van der Waals surface area contributed by atoms with Crippen LogP contribution in [0.5, 0.6) is 0 Å². The van der Waals surface area contributed by atoms with E-state index < -0.39 is 0 Å². The van der Waals surface area contributed by atoms with Gasteiger partial charge in [-0.25, -0.2) is 0 Å². The fraction of sp³-hybridized carbons (Fsp3) is 0.650. The Balaban J connectivity index is 1.61. The summed E-state index contributed by atoms with van der Waals surface area (Å²) in [6, 6.07) is 6.09. The maximum atomic E-state index is 12.9. The van der Waals surface area contributed by atoms with Gasteiger partial charge in [-0.15, -0.1) is 0 Å². The van der Waals surface area contributed by atoms with Crippen molar-refractivity contribution in [1.29, 1.82) is 0 Å². The molecule has 1 saturated heterocycles. The van der Waals surface area contributed by atoms with Crippen LogP contribution in [0.3, 0.4) is 0 Å². The van der Waals surface area contributed by atoms with Gasteiger partial charge in [-0.2, -0.15) is 0 Å². The fourth-order valence-electron chi connectivity index (χ4n) is 4.12. The molecule has 5 heteroatoms. The molecule has 3 rings (SSSR count). The molecule has 1 unspecified atom stereocenters. The minimum absolute atomic E-state index is 0.0744. The lowest BCUT2D eigenvalue weighted by Gasteiger charge is -2.38. The zero-order chi connectivity index (χ0) is 17.6. The zero-order valence-corrected chi connectivity index (χ0v) is 15.2. The number of piperidine rings is 1. The molecule has 0 bridgehead atoms. The predicted octanol–water partition coefficient (Wildman–Crippen LogP) is 3.00. The first-order chi connectivity index (χ1) is 12.1. The Kier molecular flexibility index (Phi) is 6.05. The maximum Gasteiger partial charge on any atom is 0.227 e. The van der Waals surface area contributed by atoms with Gasteiger partial charge >= 0.3 is 0 Å². The molecule has 1 aromatic heterocycles. The Hall–Kier alpha value is -1.91. The zero-order valence-electron chi connectivity index (χ0n) is 15.2. The van der Waals surface area contributed by atoms with E-state index in [-0.39, 0.29) is 17.7 Å². The van der Waals surface area contributed by atoms with Crippen LogP contribution in [0.1, 0.15) is 57.1 Å². The van der Waals surface area contributed by atoms with Crippen molar-refractivity contribution in [3.63, 3.8) is 0 Å². The molecule has 2 fully saturated rings. The molecule has 1 aromatic rings. The third-order valence-electron chi connectivity index (χ3n) is 5.56.